The minimum absolute atomic E-state index is 0.485. The number of fused-ring (bicyclic) bond motifs is 2. The Morgan fingerprint density at radius 3 is 1.77 bits per heavy atom. The molecule has 208 valence electrons. The molecule has 0 aliphatic carbocycles. The third-order valence-corrected chi connectivity index (χ3v) is 8.21. The number of likely N-dealkylation sites (N-methyl/N-ethyl adjacent to an activating group) is 4. The van der Waals surface area contributed by atoms with Crippen molar-refractivity contribution in [2.75, 3.05) is 72.8 Å². The number of hydrogen-bond acceptors (Lipinski definition) is 8. The Morgan fingerprint density at radius 2 is 1.26 bits per heavy atom. The molecule has 2 N–H and O–H groups in total. The second-order valence-corrected chi connectivity index (χ2v) is 10.6. The number of hydrogen-bond donors (Lipinski definition) is 2. The van der Waals surface area contributed by atoms with Crippen molar-refractivity contribution in [1.29, 1.82) is 0 Å². The molecule has 2 aliphatic rings. The van der Waals surface area contributed by atoms with Gasteiger partial charge in [-0.2, -0.15) is 4.98 Å². The van der Waals surface area contributed by atoms with Crippen molar-refractivity contribution in [3.8, 4) is 0 Å². The summed E-state index contributed by atoms with van der Waals surface area (Å²) >= 11 is 6.55. The summed E-state index contributed by atoms with van der Waals surface area (Å²) in [6.07, 6.45) is 1.65. The minimum atomic E-state index is 0.485. The zero-order valence-electron chi connectivity index (χ0n) is 23.7. The zero-order valence-corrected chi connectivity index (χ0v) is 24.4. The predicted molar refractivity (Wildman–Crippen MR) is 164 cm³/mol. The van der Waals surface area contributed by atoms with Crippen molar-refractivity contribution in [2.24, 2.45) is 0 Å². The van der Waals surface area contributed by atoms with E-state index in [1.54, 1.807) is 6.20 Å². The van der Waals surface area contributed by atoms with Crippen LogP contribution >= 0.6 is 11.6 Å². The third kappa shape index (κ3) is 6.24. The molecular weight excluding hydrogens is 508 g/mol. The fourth-order valence-corrected chi connectivity index (χ4v) is 5.66. The van der Waals surface area contributed by atoms with Gasteiger partial charge >= 0.3 is 0 Å². The van der Waals surface area contributed by atoms with Gasteiger partial charge in [0.2, 0.25) is 5.95 Å². The molecule has 1 aromatic heterocycles. The van der Waals surface area contributed by atoms with Gasteiger partial charge in [-0.25, -0.2) is 4.98 Å². The molecule has 2 aromatic carbocycles. The van der Waals surface area contributed by atoms with Gasteiger partial charge in [-0.05, 0) is 62.3 Å². The Kier molecular flexibility index (Phi) is 8.75. The fraction of sp³-hybridized carbons (Fsp3) is 0.467. The number of rotatable bonds is 8. The van der Waals surface area contributed by atoms with E-state index < -0.39 is 0 Å². The highest BCUT2D eigenvalue weighted by molar-refractivity contribution is 6.32. The van der Waals surface area contributed by atoms with Gasteiger partial charge in [-0.3, -0.25) is 9.80 Å². The van der Waals surface area contributed by atoms with Crippen LogP contribution in [0, 0.1) is 0 Å². The Balaban J connectivity index is 1.37. The van der Waals surface area contributed by atoms with E-state index in [4.69, 9.17) is 16.6 Å². The highest BCUT2D eigenvalue weighted by Gasteiger charge is 2.20. The molecule has 0 radical (unpaired) electrons. The monoisotopic (exact) mass is 548 g/mol. The maximum Gasteiger partial charge on any atom is 0.229 e. The quantitative estimate of drug-likeness (QED) is 0.358. The van der Waals surface area contributed by atoms with Crippen LogP contribution in [0.15, 0.2) is 42.6 Å². The Labute approximate surface area is 238 Å². The number of nitrogens with zero attached hydrogens (tertiary/aromatic N) is 6. The number of aromatic nitrogens is 2. The van der Waals surface area contributed by atoms with Crippen molar-refractivity contribution < 1.29 is 0 Å². The number of nitrogens with one attached hydrogen (secondary N) is 2. The lowest BCUT2D eigenvalue weighted by atomic mass is 10.1. The molecule has 0 amide bonds. The first-order chi connectivity index (χ1) is 19.0. The normalized spacial score (nSPS) is 16.3. The van der Waals surface area contributed by atoms with Crippen LogP contribution in [0.3, 0.4) is 0 Å². The summed E-state index contributed by atoms with van der Waals surface area (Å²) in [5.41, 5.74) is 7.19. The first-order valence-corrected chi connectivity index (χ1v) is 14.7. The fourth-order valence-electron chi connectivity index (χ4n) is 5.52. The molecule has 9 heteroatoms. The molecule has 0 saturated heterocycles. The van der Waals surface area contributed by atoms with E-state index in [1.807, 2.05) is 0 Å². The smallest absolute Gasteiger partial charge is 0.229 e. The van der Waals surface area contributed by atoms with E-state index in [-0.39, 0.29) is 0 Å². The number of anilines is 6. The lowest BCUT2D eigenvalue weighted by Crippen LogP contribution is -2.31. The molecule has 8 nitrogen and oxygen atoms in total. The summed E-state index contributed by atoms with van der Waals surface area (Å²) in [6, 6.07) is 13.1. The first-order valence-electron chi connectivity index (χ1n) is 14.3. The molecule has 0 atom stereocenters. The van der Waals surface area contributed by atoms with Crippen LogP contribution < -0.4 is 20.4 Å². The lowest BCUT2D eigenvalue weighted by Gasteiger charge is -2.24. The molecule has 0 bridgehead atoms. The average molecular weight is 549 g/mol. The van der Waals surface area contributed by atoms with Gasteiger partial charge in [0, 0.05) is 75.1 Å². The van der Waals surface area contributed by atoms with Crippen molar-refractivity contribution in [3.63, 3.8) is 0 Å². The van der Waals surface area contributed by atoms with E-state index in [2.05, 4.69) is 99.3 Å². The predicted octanol–water partition coefficient (Wildman–Crippen LogP) is 5.94. The van der Waals surface area contributed by atoms with Crippen LogP contribution in [-0.4, -0.2) is 72.1 Å². The largest absolute Gasteiger partial charge is 0.370 e. The molecule has 2 aliphatic heterocycles. The van der Waals surface area contributed by atoms with Crippen LogP contribution in [0.1, 0.15) is 38.8 Å². The Morgan fingerprint density at radius 1 is 0.718 bits per heavy atom. The second kappa shape index (κ2) is 12.4. The van der Waals surface area contributed by atoms with E-state index in [0.717, 1.165) is 76.8 Å². The van der Waals surface area contributed by atoms with Gasteiger partial charge in [-0.15, -0.1) is 0 Å². The maximum absolute atomic E-state index is 6.55. The van der Waals surface area contributed by atoms with Crippen molar-refractivity contribution in [1.82, 2.24) is 19.8 Å². The average Bonchev–Trinajstić information content (AvgIpc) is 3.25. The summed E-state index contributed by atoms with van der Waals surface area (Å²) in [5, 5.41) is 7.34. The van der Waals surface area contributed by atoms with Crippen LogP contribution in [0.4, 0.5) is 34.5 Å². The van der Waals surface area contributed by atoms with E-state index in [0.29, 0.717) is 16.8 Å². The number of halogens is 1. The maximum atomic E-state index is 6.55. The molecule has 3 heterocycles. The molecule has 0 spiro atoms. The van der Waals surface area contributed by atoms with Crippen molar-refractivity contribution in [2.45, 2.75) is 40.8 Å². The Bertz CT molecular complexity index is 1280. The van der Waals surface area contributed by atoms with E-state index in [1.165, 1.54) is 22.5 Å². The van der Waals surface area contributed by atoms with Gasteiger partial charge < -0.3 is 20.4 Å². The molecule has 39 heavy (non-hydrogen) atoms. The summed E-state index contributed by atoms with van der Waals surface area (Å²) in [4.78, 5) is 19.1. The molecule has 0 saturated carbocycles. The summed E-state index contributed by atoms with van der Waals surface area (Å²) in [7, 11) is 0. The van der Waals surface area contributed by atoms with Crippen LogP contribution in [-0.2, 0) is 13.1 Å². The third-order valence-electron chi connectivity index (χ3n) is 7.93. The highest BCUT2D eigenvalue weighted by Crippen LogP contribution is 2.33. The molecule has 0 unspecified atom stereocenters. The highest BCUT2D eigenvalue weighted by atomic mass is 35.5. The molecule has 0 fully saturated rings. The minimum Gasteiger partial charge on any atom is -0.370 e. The SMILES string of the molecule is CCN1CCN(CC)c2cc(Nc3ncc(Cl)c(Nc4ccc5c(c4)N(CC)CCN(CC)C5)n3)ccc2C1. The van der Waals surface area contributed by atoms with Crippen molar-refractivity contribution >= 4 is 46.1 Å². The topological polar surface area (TPSA) is 62.8 Å². The Hall–Kier alpha value is -3.07. The molecule has 5 rings (SSSR count). The molecular formula is C30H41ClN8. The standard InChI is InChI=1S/C30H41ClN8/c1-5-36-13-15-38(7-3)27-17-24(11-9-22(27)20-36)33-29-26(31)19-32-30(35-29)34-25-12-10-23-21-37(6-2)14-16-39(8-4)28(23)18-25/h9-12,17-19H,5-8,13-16,20-21H2,1-4H3,(H2,32,33,34,35). The summed E-state index contributed by atoms with van der Waals surface area (Å²) in [5.74, 6) is 1.10. The summed E-state index contributed by atoms with van der Waals surface area (Å²) < 4.78 is 0. The van der Waals surface area contributed by atoms with Crippen LogP contribution in [0.25, 0.3) is 0 Å². The zero-order chi connectivity index (χ0) is 27.4. The lowest BCUT2D eigenvalue weighted by molar-refractivity contribution is 0.293. The van der Waals surface area contributed by atoms with Crippen LogP contribution in [0.2, 0.25) is 5.02 Å². The van der Waals surface area contributed by atoms with Gasteiger partial charge in [-0.1, -0.05) is 37.6 Å². The van der Waals surface area contributed by atoms with Gasteiger partial charge in [0.15, 0.2) is 5.82 Å². The van der Waals surface area contributed by atoms with Gasteiger partial charge in [0.1, 0.15) is 5.02 Å². The molecule has 3 aromatic rings. The first kappa shape index (κ1) is 27.5. The number of benzene rings is 2. The second-order valence-electron chi connectivity index (χ2n) is 10.2. The van der Waals surface area contributed by atoms with E-state index >= 15 is 0 Å². The van der Waals surface area contributed by atoms with Gasteiger partial charge in [0.25, 0.3) is 0 Å². The summed E-state index contributed by atoms with van der Waals surface area (Å²) in [6.45, 7) is 19.1. The van der Waals surface area contributed by atoms with Crippen LogP contribution in [0.5, 0.6) is 0 Å². The van der Waals surface area contributed by atoms with E-state index in [9.17, 15) is 0 Å². The van der Waals surface area contributed by atoms with Crippen molar-refractivity contribution in [3.05, 3.63) is 58.7 Å². The van der Waals surface area contributed by atoms with Gasteiger partial charge in [0.05, 0.1) is 6.20 Å².